The Labute approximate surface area is 96.6 Å². The predicted molar refractivity (Wildman–Crippen MR) is 58.4 cm³/mol. The van der Waals surface area contributed by atoms with E-state index in [-0.39, 0.29) is 11.9 Å². The molecular weight excluding hydrogens is 231 g/mol. The Hall–Kier alpha value is -1.52. The molecule has 0 amide bonds. The molecule has 0 aliphatic rings. The Bertz CT molecular complexity index is 519. The lowest BCUT2D eigenvalue weighted by molar-refractivity contribution is 0.281. The van der Waals surface area contributed by atoms with Crippen LogP contribution in [-0.4, -0.2) is 15.1 Å². The SMILES string of the molecule is OCc1cc(F)cc(-c2ccnc(Cl)n2)c1. The molecule has 1 aromatic heterocycles. The molecule has 2 rings (SSSR count). The number of benzene rings is 1. The Morgan fingerprint density at radius 2 is 2.12 bits per heavy atom. The third-order valence-electron chi connectivity index (χ3n) is 2.06. The first-order valence-electron chi connectivity index (χ1n) is 4.58. The predicted octanol–water partition coefficient (Wildman–Crippen LogP) is 2.43. The van der Waals surface area contributed by atoms with Crippen LogP contribution >= 0.6 is 11.6 Å². The van der Waals surface area contributed by atoms with Gasteiger partial charge in [-0.3, -0.25) is 0 Å². The van der Waals surface area contributed by atoms with E-state index in [2.05, 4.69) is 9.97 Å². The van der Waals surface area contributed by atoms with Crippen LogP contribution in [0.25, 0.3) is 11.3 Å². The average molecular weight is 239 g/mol. The maximum absolute atomic E-state index is 13.2. The van der Waals surface area contributed by atoms with Gasteiger partial charge in [-0.1, -0.05) is 0 Å². The molecule has 82 valence electrons. The highest BCUT2D eigenvalue weighted by Crippen LogP contribution is 2.20. The van der Waals surface area contributed by atoms with E-state index in [1.807, 2.05) is 0 Å². The molecule has 5 heteroatoms. The van der Waals surface area contributed by atoms with Crippen LogP contribution in [0.15, 0.2) is 30.5 Å². The smallest absolute Gasteiger partial charge is 0.222 e. The minimum absolute atomic E-state index is 0.104. The van der Waals surface area contributed by atoms with Crippen LogP contribution in [0.3, 0.4) is 0 Å². The third kappa shape index (κ3) is 2.35. The molecule has 0 saturated carbocycles. The summed E-state index contributed by atoms with van der Waals surface area (Å²) < 4.78 is 13.2. The molecule has 1 aromatic carbocycles. The summed E-state index contributed by atoms with van der Waals surface area (Å²) in [5.74, 6) is -0.420. The molecule has 16 heavy (non-hydrogen) atoms. The minimum atomic E-state index is -0.420. The second-order valence-electron chi connectivity index (χ2n) is 3.22. The molecule has 0 bridgehead atoms. The molecule has 1 heterocycles. The number of aliphatic hydroxyl groups is 1. The fourth-order valence-corrected chi connectivity index (χ4v) is 1.53. The van der Waals surface area contributed by atoms with E-state index in [9.17, 15) is 4.39 Å². The molecule has 3 nitrogen and oxygen atoms in total. The summed E-state index contributed by atoms with van der Waals surface area (Å²) in [7, 11) is 0. The first kappa shape index (κ1) is 11.0. The van der Waals surface area contributed by atoms with E-state index in [1.54, 1.807) is 12.1 Å². The van der Waals surface area contributed by atoms with Gasteiger partial charge in [0.1, 0.15) is 5.82 Å². The number of hydrogen-bond donors (Lipinski definition) is 1. The van der Waals surface area contributed by atoms with Gasteiger partial charge in [0, 0.05) is 11.8 Å². The van der Waals surface area contributed by atoms with Gasteiger partial charge < -0.3 is 5.11 Å². The van der Waals surface area contributed by atoms with Crippen molar-refractivity contribution in [3.63, 3.8) is 0 Å². The van der Waals surface area contributed by atoms with Gasteiger partial charge >= 0.3 is 0 Å². The number of aromatic nitrogens is 2. The molecule has 0 saturated heterocycles. The molecule has 2 aromatic rings. The van der Waals surface area contributed by atoms with Crippen LogP contribution in [0, 0.1) is 5.82 Å². The molecular formula is C11H8ClFN2O. The molecule has 0 unspecified atom stereocenters. The van der Waals surface area contributed by atoms with Crippen LogP contribution in [0.2, 0.25) is 5.28 Å². The van der Waals surface area contributed by atoms with Crippen molar-refractivity contribution in [1.29, 1.82) is 0 Å². The van der Waals surface area contributed by atoms with Crippen molar-refractivity contribution in [2.45, 2.75) is 6.61 Å². The van der Waals surface area contributed by atoms with Crippen LogP contribution in [0.1, 0.15) is 5.56 Å². The maximum Gasteiger partial charge on any atom is 0.222 e. The van der Waals surface area contributed by atoms with Gasteiger partial charge in [0.05, 0.1) is 12.3 Å². The molecule has 0 fully saturated rings. The van der Waals surface area contributed by atoms with Crippen molar-refractivity contribution in [2.24, 2.45) is 0 Å². The number of aliphatic hydroxyl groups excluding tert-OH is 1. The topological polar surface area (TPSA) is 46.0 Å². The number of nitrogens with zero attached hydrogens (tertiary/aromatic N) is 2. The highest BCUT2D eigenvalue weighted by Gasteiger charge is 2.04. The molecule has 0 aliphatic heterocycles. The Morgan fingerprint density at radius 1 is 1.31 bits per heavy atom. The fraction of sp³-hybridized carbons (Fsp3) is 0.0909. The Morgan fingerprint density at radius 3 is 2.81 bits per heavy atom. The highest BCUT2D eigenvalue weighted by atomic mass is 35.5. The Balaban J connectivity index is 2.51. The van der Waals surface area contributed by atoms with Gasteiger partial charge in [-0.15, -0.1) is 0 Å². The summed E-state index contributed by atoms with van der Waals surface area (Å²) in [6.07, 6.45) is 1.49. The lowest BCUT2D eigenvalue weighted by Crippen LogP contribution is -1.91. The standard InChI is InChI=1S/C11H8ClFN2O/c12-11-14-2-1-10(15-11)8-3-7(6-16)4-9(13)5-8/h1-5,16H,6H2. The van der Waals surface area contributed by atoms with Gasteiger partial charge in [0.15, 0.2) is 0 Å². The van der Waals surface area contributed by atoms with Crippen molar-refractivity contribution in [2.75, 3.05) is 0 Å². The zero-order valence-electron chi connectivity index (χ0n) is 8.19. The van der Waals surface area contributed by atoms with Gasteiger partial charge in [-0.25, -0.2) is 14.4 Å². The van der Waals surface area contributed by atoms with Crippen molar-refractivity contribution in [3.05, 3.63) is 47.1 Å². The lowest BCUT2D eigenvalue weighted by atomic mass is 10.1. The first-order chi connectivity index (χ1) is 7.69. The summed E-state index contributed by atoms with van der Waals surface area (Å²) in [5.41, 5.74) is 1.58. The molecule has 0 radical (unpaired) electrons. The third-order valence-corrected chi connectivity index (χ3v) is 2.24. The first-order valence-corrected chi connectivity index (χ1v) is 4.96. The second kappa shape index (κ2) is 4.55. The molecule has 0 aliphatic carbocycles. The van der Waals surface area contributed by atoms with E-state index >= 15 is 0 Å². The van der Waals surface area contributed by atoms with Crippen molar-refractivity contribution >= 4 is 11.6 Å². The summed E-state index contributed by atoms with van der Waals surface area (Å²) >= 11 is 5.64. The van der Waals surface area contributed by atoms with E-state index in [0.717, 1.165) is 0 Å². The molecule has 1 N–H and O–H groups in total. The number of rotatable bonds is 2. The van der Waals surface area contributed by atoms with E-state index in [4.69, 9.17) is 16.7 Å². The van der Waals surface area contributed by atoms with Crippen molar-refractivity contribution < 1.29 is 9.50 Å². The molecule has 0 atom stereocenters. The zero-order chi connectivity index (χ0) is 11.5. The molecule has 0 spiro atoms. The van der Waals surface area contributed by atoms with Crippen LogP contribution in [0.4, 0.5) is 4.39 Å². The maximum atomic E-state index is 13.2. The summed E-state index contributed by atoms with van der Waals surface area (Å²) in [6.45, 7) is -0.219. The monoisotopic (exact) mass is 238 g/mol. The minimum Gasteiger partial charge on any atom is -0.392 e. The van der Waals surface area contributed by atoms with Gasteiger partial charge in [0.2, 0.25) is 5.28 Å². The van der Waals surface area contributed by atoms with Gasteiger partial charge in [0.25, 0.3) is 0 Å². The zero-order valence-corrected chi connectivity index (χ0v) is 8.95. The van der Waals surface area contributed by atoms with E-state index in [0.29, 0.717) is 16.8 Å². The Kier molecular flexibility index (Phi) is 3.12. The van der Waals surface area contributed by atoms with Crippen LogP contribution < -0.4 is 0 Å². The quantitative estimate of drug-likeness (QED) is 0.818. The summed E-state index contributed by atoms with van der Waals surface area (Å²) in [4.78, 5) is 7.71. The van der Waals surface area contributed by atoms with Crippen molar-refractivity contribution in [1.82, 2.24) is 9.97 Å². The number of halogens is 2. The van der Waals surface area contributed by atoms with E-state index < -0.39 is 5.82 Å². The second-order valence-corrected chi connectivity index (χ2v) is 3.56. The lowest BCUT2D eigenvalue weighted by Gasteiger charge is -2.03. The van der Waals surface area contributed by atoms with Gasteiger partial charge in [-0.2, -0.15) is 0 Å². The van der Waals surface area contributed by atoms with Crippen LogP contribution in [0.5, 0.6) is 0 Å². The average Bonchev–Trinajstić information content (AvgIpc) is 2.28. The van der Waals surface area contributed by atoms with Crippen molar-refractivity contribution in [3.8, 4) is 11.3 Å². The van der Waals surface area contributed by atoms with Crippen LogP contribution in [-0.2, 0) is 6.61 Å². The van der Waals surface area contributed by atoms with E-state index in [1.165, 1.54) is 18.3 Å². The summed E-state index contributed by atoms with van der Waals surface area (Å²) in [6, 6.07) is 5.88. The van der Waals surface area contributed by atoms with Gasteiger partial charge in [-0.05, 0) is 41.4 Å². The fourth-order valence-electron chi connectivity index (χ4n) is 1.39. The normalized spacial score (nSPS) is 10.4. The number of hydrogen-bond acceptors (Lipinski definition) is 3. The highest BCUT2D eigenvalue weighted by molar-refractivity contribution is 6.28. The summed E-state index contributed by atoms with van der Waals surface area (Å²) in [5, 5.41) is 9.07. The largest absolute Gasteiger partial charge is 0.392 e.